The van der Waals surface area contributed by atoms with Crippen LogP contribution in [0.1, 0.15) is 18.3 Å². The molecule has 0 atom stereocenters. The van der Waals surface area contributed by atoms with Crippen molar-refractivity contribution in [1.29, 1.82) is 0 Å². The molecule has 2 aromatic rings. The van der Waals surface area contributed by atoms with Crippen molar-refractivity contribution in [2.24, 2.45) is 0 Å². The predicted octanol–water partition coefficient (Wildman–Crippen LogP) is 1.35. The Morgan fingerprint density at radius 3 is 3.11 bits per heavy atom. The van der Waals surface area contributed by atoms with Gasteiger partial charge in [-0.1, -0.05) is 0 Å². The highest BCUT2D eigenvalue weighted by Gasteiger charge is 2.08. The summed E-state index contributed by atoms with van der Waals surface area (Å²) in [5, 5.41) is 4.51. The van der Waals surface area contributed by atoms with Crippen LogP contribution in [0.3, 0.4) is 0 Å². The van der Waals surface area contributed by atoms with Gasteiger partial charge in [0, 0.05) is 35.8 Å². The first-order valence-corrected chi connectivity index (χ1v) is 6.87. The largest absolute Gasteiger partial charge is 0.450 e. The van der Waals surface area contributed by atoms with Crippen LogP contribution in [0.5, 0.6) is 0 Å². The predicted molar refractivity (Wildman–Crippen MR) is 72.8 cm³/mol. The second-order valence-electron chi connectivity index (χ2n) is 3.98. The minimum Gasteiger partial charge on any atom is -0.450 e. The Balaban J connectivity index is 2.10. The highest BCUT2D eigenvalue weighted by atomic mass is 32.1. The van der Waals surface area contributed by atoms with Crippen molar-refractivity contribution in [2.45, 2.75) is 20.3 Å². The molecule has 0 aliphatic heterocycles. The molecule has 0 aliphatic rings. The van der Waals surface area contributed by atoms with Gasteiger partial charge in [-0.15, -0.1) is 11.3 Å². The summed E-state index contributed by atoms with van der Waals surface area (Å²) in [7, 11) is 0. The third kappa shape index (κ3) is 3.11. The first-order chi connectivity index (χ1) is 9.11. The molecule has 0 aliphatic carbocycles. The Morgan fingerprint density at radius 1 is 1.58 bits per heavy atom. The van der Waals surface area contributed by atoms with Gasteiger partial charge in [0.05, 0.1) is 6.61 Å². The molecule has 102 valence electrons. The summed E-state index contributed by atoms with van der Waals surface area (Å²) in [6, 6.07) is 1.50. The summed E-state index contributed by atoms with van der Waals surface area (Å²) in [6.45, 7) is 4.31. The third-order valence-corrected chi connectivity index (χ3v) is 3.40. The third-order valence-electron chi connectivity index (χ3n) is 2.53. The van der Waals surface area contributed by atoms with Crippen LogP contribution in [0.4, 0.5) is 4.79 Å². The van der Waals surface area contributed by atoms with Crippen LogP contribution in [0, 0.1) is 6.92 Å². The van der Waals surface area contributed by atoms with Crippen molar-refractivity contribution < 1.29 is 9.53 Å². The minimum atomic E-state index is -0.441. The van der Waals surface area contributed by atoms with E-state index in [-0.39, 0.29) is 5.56 Å². The summed E-state index contributed by atoms with van der Waals surface area (Å²) in [6.07, 6.45) is 0.118. The molecule has 0 spiro atoms. The van der Waals surface area contributed by atoms with Crippen molar-refractivity contribution in [2.75, 3.05) is 13.2 Å². The highest BCUT2D eigenvalue weighted by molar-refractivity contribution is 7.15. The van der Waals surface area contributed by atoms with Crippen LogP contribution >= 0.6 is 11.3 Å². The van der Waals surface area contributed by atoms with Gasteiger partial charge < -0.3 is 10.1 Å². The fourth-order valence-electron chi connectivity index (χ4n) is 1.73. The number of carbonyl (C=O) groups excluding carboxylic acids is 1. The maximum Gasteiger partial charge on any atom is 0.407 e. The normalized spacial score (nSPS) is 10.6. The second-order valence-corrected chi connectivity index (χ2v) is 4.81. The van der Waals surface area contributed by atoms with Crippen molar-refractivity contribution >= 4 is 22.4 Å². The molecule has 0 unspecified atom stereocenters. The Morgan fingerprint density at radius 2 is 2.37 bits per heavy atom. The average molecular weight is 281 g/mol. The van der Waals surface area contributed by atoms with Gasteiger partial charge in [0.1, 0.15) is 0 Å². The fraction of sp³-hybridized carbons (Fsp3) is 0.417. The molecule has 1 N–H and O–H groups in total. The molecule has 19 heavy (non-hydrogen) atoms. The Labute approximate surface area is 114 Å². The first-order valence-electron chi connectivity index (χ1n) is 5.99. The van der Waals surface area contributed by atoms with Crippen molar-refractivity contribution in [3.05, 3.63) is 33.2 Å². The molecule has 0 fully saturated rings. The Bertz CT molecular complexity index is 647. The number of hydrogen-bond acceptors (Lipinski definition) is 5. The smallest absolute Gasteiger partial charge is 0.407 e. The van der Waals surface area contributed by atoms with Crippen LogP contribution in [0.15, 0.2) is 16.2 Å². The number of fused-ring (bicyclic) bond motifs is 1. The van der Waals surface area contributed by atoms with Gasteiger partial charge in [-0.05, 0) is 13.8 Å². The standard InChI is InChI=1S/C12H15N3O3S/c1-3-18-12(17)13-5-4-9-7-19-11-14-8(2)6-10(16)15(9)11/h6-7H,3-5H2,1-2H3,(H,13,17). The van der Waals surface area contributed by atoms with Gasteiger partial charge in [0.2, 0.25) is 0 Å². The van der Waals surface area contributed by atoms with E-state index >= 15 is 0 Å². The van der Waals surface area contributed by atoms with Gasteiger partial charge >= 0.3 is 6.09 Å². The van der Waals surface area contributed by atoms with E-state index in [1.807, 2.05) is 5.38 Å². The molecular formula is C12H15N3O3S. The lowest BCUT2D eigenvalue weighted by Gasteiger charge is -2.05. The summed E-state index contributed by atoms with van der Waals surface area (Å²) >= 11 is 1.42. The van der Waals surface area contributed by atoms with Gasteiger partial charge in [0.25, 0.3) is 5.56 Å². The van der Waals surface area contributed by atoms with E-state index in [0.717, 1.165) is 5.69 Å². The van der Waals surface area contributed by atoms with E-state index in [1.165, 1.54) is 17.4 Å². The molecule has 0 aromatic carbocycles. The average Bonchev–Trinajstić information content (AvgIpc) is 2.72. The highest BCUT2D eigenvalue weighted by Crippen LogP contribution is 2.12. The van der Waals surface area contributed by atoms with Gasteiger partial charge in [0.15, 0.2) is 4.96 Å². The van der Waals surface area contributed by atoms with E-state index in [1.54, 1.807) is 18.2 Å². The molecule has 2 aromatic heterocycles. The summed E-state index contributed by atoms with van der Waals surface area (Å²) in [5.41, 5.74) is 1.47. The second kappa shape index (κ2) is 5.83. The van der Waals surface area contributed by atoms with Crippen LogP contribution in [0.25, 0.3) is 4.96 Å². The van der Waals surface area contributed by atoms with Crippen molar-refractivity contribution in [1.82, 2.24) is 14.7 Å². The molecular weight excluding hydrogens is 266 g/mol. The van der Waals surface area contributed by atoms with Crippen LogP contribution in [-0.4, -0.2) is 28.6 Å². The Kier molecular flexibility index (Phi) is 4.16. The number of rotatable bonds is 4. The first kappa shape index (κ1) is 13.5. The molecule has 0 radical (unpaired) electrons. The van der Waals surface area contributed by atoms with Crippen LogP contribution < -0.4 is 10.9 Å². The number of nitrogens with one attached hydrogen (secondary N) is 1. The molecule has 7 heteroatoms. The van der Waals surface area contributed by atoms with Gasteiger partial charge in [-0.2, -0.15) is 0 Å². The number of amides is 1. The lowest BCUT2D eigenvalue weighted by atomic mass is 10.3. The lowest BCUT2D eigenvalue weighted by Crippen LogP contribution is -2.27. The summed E-state index contributed by atoms with van der Waals surface area (Å²) in [4.78, 5) is 28.0. The molecule has 6 nitrogen and oxygen atoms in total. The zero-order chi connectivity index (χ0) is 13.8. The zero-order valence-electron chi connectivity index (χ0n) is 10.8. The van der Waals surface area contributed by atoms with E-state index in [2.05, 4.69) is 10.3 Å². The molecule has 2 heterocycles. The molecule has 0 saturated heterocycles. The van der Waals surface area contributed by atoms with Crippen LogP contribution in [0.2, 0.25) is 0 Å². The van der Waals surface area contributed by atoms with Gasteiger partial charge in [-0.3, -0.25) is 9.20 Å². The molecule has 0 bridgehead atoms. The maximum absolute atomic E-state index is 11.9. The van der Waals surface area contributed by atoms with E-state index < -0.39 is 6.09 Å². The SMILES string of the molecule is CCOC(=O)NCCc1csc2nc(C)cc(=O)n12. The zero-order valence-corrected chi connectivity index (χ0v) is 11.6. The number of carbonyl (C=O) groups is 1. The number of alkyl carbamates (subject to hydrolysis) is 1. The van der Waals surface area contributed by atoms with Crippen molar-refractivity contribution in [3.63, 3.8) is 0 Å². The van der Waals surface area contributed by atoms with E-state index in [0.29, 0.717) is 30.2 Å². The number of aromatic nitrogens is 2. The lowest BCUT2D eigenvalue weighted by molar-refractivity contribution is 0.152. The topological polar surface area (TPSA) is 72.7 Å². The summed E-state index contributed by atoms with van der Waals surface area (Å²) < 4.78 is 6.33. The monoisotopic (exact) mass is 281 g/mol. The molecule has 0 saturated carbocycles. The summed E-state index contributed by atoms with van der Waals surface area (Å²) in [5.74, 6) is 0. The number of aryl methyl sites for hydroxylation is 1. The number of ether oxygens (including phenoxy) is 1. The van der Waals surface area contributed by atoms with Gasteiger partial charge in [-0.25, -0.2) is 9.78 Å². The van der Waals surface area contributed by atoms with E-state index in [9.17, 15) is 9.59 Å². The fourth-order valence-corrected chi connectivity index (χ4v) is 2.71. The maximum atomic E-state index is 11.9. The quantitative estimate of drug-likeness (QED) is 0.918. The molecule has 2 rings (SSSR count). The number of nitrogens with zero attached hydrogens (tertiary/aromatic N) is 2. The van der Waals surface area contributed by atoms with E-state index in [4.69, 9.17) is 4.74 Å². The Hall–Kier alpha value is -1.89. The number of hydrogen-bond donors (Lipinski definition) is 1. The molecule has 1 amide bonds. The van der Waals surface area contributed by atoms with Crippen LogP contribution in [-0.2, 0) is 11.2 Å². The number of thiazole rings is 1. The van der Waals surface area contributed by atoms with Crippen molar-refractivity contribution in [3.8, 4) is 0 Å². The minimum absolute atomic E-state index is 0.0881.